The molecule has 202 valence electrons. The molecular weight excluding hydrogens is 472 g/mol. The predicted octanol–water partition coefficient (Wildman–Crippen LogP) is -2.98. The lowest BCUT2D eigenvalue weighted by Gasteiger charge is -2.23. The van der Waals surface area contributed by atoms with Gasteiger partial charge in [-0.1, -0.05) is 0 Å². The first-order valence-electron chi connectivity index (χ1n) is 11.7. The Labute approximate surface area is 209 Å². The average Bonchev–Trinajstić information content (AvgIpc) is 3.33. The van der Waals surface area contributed by atoms with Gasteiger partial charge in [-0.15, -0.1) is 0 Å². The van der Waals surface area contributed by atoms with Gasteiger partial charge in [-0.25, -0.2) is 9.78 Å². The normalized spacial score (nSPS) is 14.1. The van der Waals surface area contributed by atoms with Gasteiger partial charge < -0.3 is 49.0 Å². The van der Waals surface area contributed by atoms with Crippen molar-refractivity contribution in [1.82, 2.24) is 25.9 Å². The number of nitrogens with two attached hydrogens (primary N) is 4. The van der Waals surface area contributed by atoms with E-state index < -0.39 is 47.9 Å². The van der Waals surface area contributed by atoms with Gasteiger partial charge in [0.05, 0.1) is 12.4 Å². The molecule has 15 nitrogen and oxygen atoms in total. The van der Waals surface area contributed by atoms with Crippen LogP contribution >= 0.6 is 0 Å². The number of nitrogens with zero attached hydrogens (tertiary/aromatic N) is 2. The molecule has 15 heteroatoms. The third-order valence-electron chi connectivity index (χ3n) is 5.23. The first kappa shape index (κ1) is 30.3. The molecular formula is C21H38N10O5. The number of aromatic amines is 1. The van der Waals surface area contributed by atoms with Crippen LogP contribution in [0.5, 0.6) is 0 Å². The molecule has 0 fully saturated rings. The van der Waals surface area contributed by atoms with Crippen LogP contribution in [0.2, 0.25) is 0 Å². The zero-order valence-corrected chi connectivity index (χ0v) is 20.4. The molecule has 0 bridgehead atoms. The van der Waals surface area contributed by atoms with Crippen molar-refractivity contribution in [2.45, 2.75) is 69.6 Å². The highest BCUT2D eigenvalue weighted by Gasteiger charge is 2.29. The molecule has 13 N–H and O–H groups in total. The molecule has 1 aromatic heterocycles. The zero-order valence-electron chi connectivity index (χ0n) is 20.4. The number of amides is 3. The van der Waals surface area contributed by atoms with Crippen molar-refractivity contribution >= 4 is 29.7 Å². The number of imidazole rings is 1. The maximum atomic E-state index is 12.9. The summed E-state index contributed by atoms with van der Waals surface area (Å²) in [6.45, 7) is 2.16. The van der Waals surface area contributed by atoms with Gasteiger partial charge in [0.2, 0.25) is 17.7 Å². The lowest BCUT2D eigenvalue weighted by molar-refractivity contribution is -0.142. The summed E-state index contributed by atoms with van der Waals surface area (Å²) in [5, 5.41) is 17.0. The molecule has 0 aliphatic carbocycles. The van der Waals surface area contributed by atoms with Crippen LogP contribution in [0.25, 0.3) is 0 Å². The van der Waals surface area contributed by atoms with Crippen LogP contribution in [0, 0.1) is 0 Å². The van der Waals surface area contributed by atoms with Crippen molar-refractivity contribution in [3.8, 4) is 0 Å². The summed E-state index contributed by atoms with van der Waals surface area (Å²) in [5.41, 5.74) is 22.3. The van der Waals surface area contributed by atoms with Crippen molar-refractivity contribution in [3.63, 3.8) is 0 Å². The molecule has 1 aromatic rings. The van der Waals surface area contributed by atoms with E-state index in [0.717, 1.165) is 0 Å². The number of hydrogen-bond acceptors (Lipinski definition) is 8. The van der Waals surface area contributed by atoms with Gasteiger partial charge in [0.25, 0.3) is 0 Å². The summed E-state index contributed by atoms with van der Waals surface area (Å²) in [7, 11) is 0. The quantitative estimate of drug-likeness (QED) is 0.0582. The van der Waals surface area contributed by atoms with Crippen LogP contribution in [0.15, 0.2) is 17.5 Å². The number of unbranched alkanes of at least 4 members (excludes halogenated alkanes) is 1. The second kappa shape index (κ2) is 16.0. The van der Waals surface area contributed by atoms with Gasteiger partial charge in [-0.05, 0) is 45.6 Å². The summed E-state index contributed by atoms with van der Waals surface area (Å²) in [6.07, 6.45) is 5.00. The highest BCUT2D eigenvalue weighted by atomic mass is 16.4. The predicted molar refractivity (Wildman–Crippen MR) is 132 cm³/mol. The number of carbonyl (C=O) groups is 4. The molecule has 0 aliphatic heterocycles. The number of hydrogen-bond donors (Lipinski definition) is 9. The minimum absolute atomic E-state index is 0.0255. The second-order valence-electron chi connectivity index (χ2n) is 8.31. The van der Waals surface area contributed by atoms with Crippen molar-refractivity contribution < 1.29 is 24.3 Å². The number of aliphatic carboxylic acids is 1. The molecule has 0 radical (unpaired) electrons. The Bertz CT molecular complexity index is 872. The highest BCUT2D eigenvalue weighted by Crippen LogP contribution is 2.05. The van der Waals surface area contributed by atoms with Gasteiger partial charge in [0, 0.05) is 24.9 Å². The fraction of sp³-hybridized carbons (Fsp3) is 0.619. The Morgan fingerprint density at radius 3 is 2.31 bits per heavy atom. The Morgan fingerprint density at radius 2 is 1.72 bits per heavy atom. The molecule has 36 heavy (non-hydrogen) atoms. The summed E-state index contributed by atoms with van der Waals surface area (Å²) in [5.74, 6) is -3.14. The first-order chi connectivity index (χ1) is 17.0. The van der Waals surface area contributed by atoms with Crippen molar-refractivity contribution in [2.24, 2.45) is 27.9 Å². The average molecular weight is 511 g/mol. The maximum Gasteiger partial charge on any atom is 0.326 e. The van der Waals surface area contributed by atoms with Gasteiger partial charge in [0.15, 0.2) is 5.96 Å². The lowest BCUT2D eigenvalue weighted by atomic mass is 10.1. The molecule has 0 saturated heterocycles. The minimum Gasteiger partial charge on any atom is -0.480 e. The van der Waals surface area contributed by atoms with Crippen LogP contribution in [0.4, 0.5) is 0 Å². The largest absolute Gasteiger partial charge is 0.480 e. The van der Waals surface area contributed by atoms with Crippen molar-refractivity contribution in [2.75, 3.05) is 13.1 Å². The first-order valence-corrected chi connectivity index (χ1v) is 11.7. The van der Waals surface area contributed by atoms with Gasteiger partial charge in [-0.3, -0.25) is 19.4 Å². The Kier molecular flexibility index (Phi) is 13.5. The van der Waals surface area contributed by atoms with Crippen LogP contribution in [0.1, 0.15) is 44.7 Å². The maximum absolute atomic E-state index is 12.9. The molecule has 0 saturated carbocycles. The van der Waals surface area contributed by atoms with E-state index in [1.54, 1.807) is 0 Å². The number of H-pyrrole nitrogens is 1. The summed E-state index contributed by atoms with van der Waals surface area (Å²) in [4.78, 5) is 60.1. The number of nitrogens with one attached hydrogen (secondary N) is 4. The molecule has 3 amide bonds. The molecule has 0 aromatic carbocycles. The van der Waals surface area contributed by atoms with Gasteiger partial charge in [0.1, 0.15) is 18.1 Å². The molecule has 4 atom stereocenters. The summed E-state index contributed by atoms with van der Waals surface area (Å²) in [6, 6.07) is -4.16. The number of carboxylic acids is 1. The fourth-order valence-corrected chi connectivity index (χ4v) is 3.18. The lowest BCUT2D eigenvalue weighted by Crippen LogP contribution is -2.57. The molecule has 1 heterocycles. The second-order valence-corrected chi connectivity index (χ2v) is 8.31. The monoisotopic (exact) mass is 510 g/mol. The Morgan fingerprint density at radius 1 is 1.03 bits per heavy atom. The van der Waals surface area contributed by atoms with Crippen molar-refractivity contribution in [3.05, 3.63) is 18.2 Å². The molecule has 0 spiro atoms. The van der Waals surface area contributed by atoms with Gasteiger partial charge >= 0.3 is 5.97 Å². The third kappa shape index (κ3) is 11.6. The van der Waals surface area contributed by atoms with E-state index >= 15 is 0 Å². The van der Waals surface area contributed by atoms with E-state index in [2.05, 4.69) is 30.9 Å². The molecule has 1 rings (SSSR count). The Balaban J connectivity index is 2.76. The van der Waals surface area contributed by atoms with Crippen molar-refractivity contribution in [1.29, 1.82) is 0 Å². The number of aromatic nitrogens is 2. The van der Waals surface area contributed by atoms with E-state index in [9.17, 15) is 24.3 Å². The number of carbonyl (C=O) groups excluding carboxylic acids is 3. The van der Waals surface area contributed by atoms with E-state index in [1.165, 1.54) is 19.4 Å². The standard InChI is InChI=1S/C21H38N10O5/c1-12(29-18(33)14(23)5-4-8-27-21(24)25)17(32)31-16(9-13-10-26-11-28-13)19(34)30-15(20(35)36)6-2-3-7-22/h10-12,14-16H,2-9,22-23H2,1H3,(H,26,28)(H,29,33)(H,30,34)(H,31,32)(H,35,36)(H4,24,25,27). The third-order valence-corrected chi connectivity index (χ3v) is 5.23. The number of carboxylic acid groups (broad SMARTS) is 1. The summed E-state index contributed by atoms with van der Waals surface area (Å²) < 4.78 is 0. The van der Waals surface area contributed by atoms with E-state index in [0.29, 0.717) is 44.5 Å². The molecule has 4 unspecified atom stereocenters. The van der Waals surface area contributed by atoms with Crippen LogP contribution in [-0.4, -0.2) is 82.0 Å². The fourth-order valence-electron chi connectivity index (χ4n) is 3.18. The summed E-state index contributed by atoms with van der Waals surface area (Å²) >= 11 is 0. The zero-order chi connectivity index (χ0) is 27.1. The van der Waals surface area contributed by atoms with Gasteiger partial charge in [-0.2, -0.15) is 0 Å². The Hall–Kier alpha value is -3.72. The highest BCUT2D eigenvalue weighted by molar-refractivity contribution is 5.94. The minimum atomic E-state index is -1.19. The number of guanidine groups is 1. The number of aliphatic imine (C=N–C) groups is 1. The molecule has 0 aliphatic rings. The van der Waals surface area contributed by atoms with Crippen LogP contribution < -0.4 is 38.9 Å². The van der Waals surface area contributed by atoms with Crippen LogP contribution in [0.3, 0.4) is 0 Å². The van der Waals surface area contributed by atoms with E-state index in [4.69, 9.17) is 22.9 Å². The van der Waals surface area contributed by atoms with Crippen LogP contribution in [-0.2, 0) is 25.6 Å². The van der Waals surface area contributed by atoms with E-state index in [1.807, 2.05) is 0 Å². The van der Waals surface area contributed by atoms with E-state index in [-0.39, 0.29) is 18.8 Å². The topological polar surface area (TPSA) is 270 Å². The number of rotatable bonds is 17. The smallest absolute Gasteiger partial charge is 0.326 e. The SMILES string of the molecule is CC(NC(=O)C(N)CCCN=C(N)N)C(=O)NC(Cc1cnc[nH]1)C(=O)NC(CCCCN)C(=O)O.